The number of ether oxygens (including phenoxy) is 1. The molecule has 0 radical (unpaired) electrons. The van der Waals surface area contributed by atoms with E-state index in [2.05, 4.69) is 33.0 Å². The van der Waals surface area contributed by atoms with Gasteiger partial charge in [0.2, 0.25) is 5.91 Å². The molecule has 3 N–H and O–H groups in total. The van der Waals surface area contributed by atoms with Crippen molar-refractivity contribution in [2.75, 3.05) is 18.9 Å². The van der Waals surface area contributed by atoms with Gasteiger partial charge in [0.1, 0.15) is 5.75 Å². The minimum Gasteiger partial charge on any atom is -0.491 e. The van der Waals surface area contributed by atoms with Crippen LogP contribution in [0, 0.1) is 16.7 Å². The van der Waals surface area contributed by atoms with Crippen LogP contribution in [-0.2, 0) is 4.79 Å². The lowest BCUT2D eigenvalue weighted by molar-refractivity contribution is -0.121. The summed E-state index contributed by atoms with van der Waals surface area (Å²) < 4.78 is 5.53. The standard InChI is InChI=1S/C17H26N2O2/c1-16(2)14(17(16,3)4)11-19-15(20)9-10-21-13-8-6-5-7-12(13)18/h5-8,14H,9-11,18H2,1-4H3,(H,19,20). The molecule has 0 spiro atoms. The van der Waals surface area contributed by atoms with Gasteiger partial charge in [0.25, 0.3) is 0 Å². The largest absolute Gasteiger partial charge is 0.491 e. The summed E-state index contributed by atoms with van der Waals surface area (Å²) in [7, 11) is 0. The Morgan fingerprint density at radius 1 is 1.24 bits per heavy atom. The number of anilines is 1. The predicted molar refractivity (Wildman–Crippen MR) is 85.0 cm³/mol. The first-order valence-corrected chi connectivity index (χ1v) is 7.51. The number of rotatable bonds is 6. The molecule has 0 unspecified atom stereocenters. The van der Waals surface area contributed by atoms with Gasteiger partial charge in [-0.25, -0.2) is 0 Å². The van der Waals surface area contributed by atoms with E-state index in [1.807, 2.05) is 18.2 Å². The SMILES string of the molecule is CC1(C)C(CNC(=O)CCOc2ccccc2N)C1(C)C. The van der Waals surface area contributed by atoms with Crippen molar-refractivity contribution >= 4 is 11.6 Å². The Hall–Kier alpha value is -1.71. The second-order valence-corrected chi connectivity index (χ2v) is 6.94. The molecular formula is C17H26N2O2. The second kappa shape index (κ2) is 5.58. The minimum absolute atomic E-state index is 0.0306. The van der Waals surface area contributed by atoms with Crippen LogP contribution in [0.1, 0.15) is 34.1 Å². The number of nitrogens with one attached hydrogen (secondary N) is 1. The summed E-state index contributed by atoms with van der Waals surface area (Å²) in [5.41, 5.74) is 6.98. The summed E-state index contributed by atoms with van der Waals surface area (Å²) in [6.07, 6.45) is 0.349. The van der Waals surface area contributed by atoms with E-state index in [1.54, 1.807) is 6.07 Å². The molecule has 1 aromatic carbocycles. The summed E-state index contributed by atoms with van der Waals surface area (Å²) in [5.74, 6) is 1.21. The number of carbonyl (C=O) groups excluding carboxylic acids is 1. The molecular weight excluding hydrogens is 264 g/mol. The van der Waals surface area contributed by atoms with Crippen molar-refractivity contribution in [3.63, 3.8) is 0 Å². The lowest BCUT2D eigenvalue weighted by atomic mass is 10.0. The number of para-hydroxylation sites is 2. The molecule has 0 aromatic heterocycles. The summed E-state index contributed by atoms with van der Waals surface area (Å²) in [6.45, 7) is 10.1. The zero-order chi connectivity index (χ0) is 15.7. The second-order valence-electron chi connectivity index (χ2n) is 6.94. The molecule has 1 fully saturated rings. The Morgan fingerprint density at radius 2 is 1.86 bits per heavy atom. The highest BCUT2D eigenvalue weighted by atomic mass is 16.5. The molecule has 21 heavy (non-hydrogen) atoms. The summed E-state index contributed by atoms with van der Waals surface area (Å²) >= 11 is 0. The van der Waals surface area contributed by atoms with Crippen molar-refractivity contribution in [2.45, 2.75) is 34.1 Å². The molecule has 0 bridgehead atoms. The van der Waals surface area contributed by atoms with E-state index in [0.717, 1.165) is 6.54 Å². The van der Waals surface area contributed by atoms with E-state index in [4.69, 9.17) is 10.5 Å². The average Bonchev–Trinajstić information content (AvgIpc) is 2.79. The fourth-order valence-electron chi connectivity index (χ4n) is 3.01. The molecule has 116 valence electrons. The first-order chi connectivity index (χ1) is 9.76. The average molecular weight is 290 g/mol. The highest BCUT2D eigenvalue weighted by Crippen LogP contribution is 2.67. The van der Waals surface area contributed by atoms with E-state index in [0.29, 0.717) is 41.2 Å². The van der Waals surface area contributed by atoms with Gasteiger partial charge in [-0.05, 0) is 28.9 Å². The monoisotopic (exact) mass is 290 g/mol. The third-order valence-corrected chi connectivity index (χ3v) is 5.33. The molecule has 0 heterocycles. The van der Waals surface area contributed by atoms with E-state index in [-0.39, 0.29) is 5.91 Å². The number of benzene rings is 1. The van der Waals surface area contributed by atoms with Crippen LogP contribution in [0.2, 0.25) is 0 Å². The molecule has 0 atom stereocenters. The van der Waals surface area contributed by atoms with Crippen LogP contribution in [0.3, 0.4) is 0 Å². The fourth-order valence-corrected chi connectivity index (χ4v) is 3.01. The van der Waals surface area contributed by atoms with Gasteiger partial charge < -0.3 is 15.8 Å². The zero-order valence-corrected chi connectivity index (χ0v) is 13.4. The lowest BCUT2D eigenvalue weighted by Crippen LogP contribution is -2.28. The van der Waals surface area contributed by atoms with Gasteiger partial charge >= 0.3 is 0 Å². The normalized spacial score (nSPS) is 19.0. The Labute approximate surface area is 127 Å². The van der Waals surface area contributed by atoms with E-state index in [9.17, 15) is 4.79 Å². The maximum Gasteiger partial charge on any atom is 0.223 e. The van der Waals surface area contributed by atoms with Crippen LogP contribution >= 0.6 is 0 Å². The van der Waals surface area contributed by atoms with E-state index in [1.165, 1.54) is 0 Å². The number of amides is 1. The molecule has 1 aromatic rings. The lowest BCUT2D eigenvalue weighted by Gasteiger charge is -2.09. The Kier molecular flexibility index (Phi) is 4.17. The van der Waals surface area contributed by atoms with Crippen molar-refractivity contribution < 1.29 is 9.53 Å². The van der Waals surface area contributed by atoms with Crippen molar-refractivity contribution in [1.29, 1.82) is 0 Å². The number of nitrogen functional groups attached to an aromatic ring is 1. The Morgan fingerprint density at radius 3 is 2.43 bits per heavy atom. The van der Waals surface area contributed by atoms with Crippen molar-refractivity contribution in [3.05, 3.63) is 24.3 Å². The van der Waals surface area contributed by atoms with Crippen LogP contribution in [0.15, 0.2) is 24.3 Å². The van der Waals surface area contributed by atoms with E-state index >= 15 is 0 Å². The molecule has 0 aliphatic heterocycles. The van der Waals surface area contributed by atoms with Gasteiger partial charge in [-0.15, -0.1) is 0 Å². The number of hydrogen-bond donors (Lipinski definition) is 2. The fraction of sp³-hybridized carbons (Fsp3) is 0.588. The summed E-state index contributed by atoms with van der Waals surface area (Å²) in [6, 6.07) is 7.31. The third-order valence-electron chi connectivity index (χ3n) is 5.33. The van der Waals surface area contributed by atoms with Crippen LogP contribution in [-0.4, -0.2) is 19.1 Å². The zero-order valence-electron chi connectivity index (χ0n) is 13.4. The Balaban J connectivity index is 1.69. The predicted octanol–water partition coefficient (Wildman–Crippen LogP) is 2.84. The van der Waals surface area contributed by atoms with Gasteiger partial charge in [0.05, 0.1) is 18.7 Å². The third kappa shape index (κ3) is 3.14. The molecule has 1 amide bonds. The highest BCUT2D eigenvalue weighted by Gasteiger charge is 2.64. The summed E-state index contributed by atoms with van der Waals surface area (Å²) in [4.78, 5) is 11.9. The first kappa shape index (κ1) is 15.7. The van der Waals surface area contributed by atoms with Gasteiger partial charge in [-0.2, -0.15) is 0 Å². The van der Waals surface area contributed by atoms with E-state index < -0.39 is 0 Å². The van der Waals surface area contributed by atoms with Gasteiger partial charge in [-0.3, -0.25) is 4.79 Å². The number of carbonyl (C=O) groups is 1. The van der Waals surface area contributed by atoms with Crippen LogP contribution in [0.5, 0.6) is 5.75 Å². The molecule has 4 nitrogen and oxygen atoms in total. The number of nitrogens with two attached hydrogens (primary N) is 1. The quantitative estimate of drug-likeness (QED) is 0.792. The van der Waals surface area contributed by atoms with Gasteiger partial charge in [-0.1, -0.05) is 39.8 Å². The minimum atomic E-state index is 0.0306. The van der Waals surface area contributed by atoms with Crippen molar-refractivity contribution in [1.82, 2.24) is 5.32 Å². The van der Waals surface area contributed by atoms with Gasteiger partial charge in [0, 0.05) is 6.54 Å². The topological polar surface area (TPSA) is 64.3 Å². The molecule has 1 aliphatic carbocycles. The molecule has 2 rings (SSSR count). The van der Waals surface area contributed by atoms with Gasteiger partial charge in [0.15, 0.2) is 0 Å². The smallest absolute Gasteiger partial charge is 0.223 e. The molecule has 0 saturated heterocycles. The first-order valence-electron chi connectivity index (χ1n) is 7.51. The maximum absolute atomic E-state index is 11.9. The molecule has 1 saturated carbocycles. The van der Waals surface area contributed by atoms with Crippen molar-refractivity contribution in [2.24, 2.45) is 16.7 Å². The molecule has 4 heteroatoms. The van der Waals surface area contributed by atoms with Crippen LogP contribution in [0.25, 0.3) is 0 Å². The molecule has 1 aliphatic rings. The van der Waals surface area contributed by atoms with Crippen molar-refractivity contribution in [3.8, 4) is 5.75 Å². The number of hydrogen-bond acceptors (Lipinski definition) is 3. The highest BCUT2D eigenvalue weighted by molar-refractivity contribution is 5.76. The maximum atomic E-state index is 11.9. The summed E-state index contributed by atoms with van der Waals surface area (Å²) in [5, 5.41) is 3.01. The van der Waals surface area contributed by atoms with Crippen LogP contribution < -0.4 is 15.8 Å². The Bertz CT molecular complexity index is 509. The van der Waals surface area contributed by atoms with Crippen LogP contribution in [0.4, 0.5) is 5.69 Å².